The van der Waals surface area contributed by atoms with E-state index in [0.29, 0.717) is 15.1 Å². The van der Waals surface area contributed by atoms with Crippen molar-refractivity contribution in [2.24, 2.45) is 0 Å². The summed E-state index contributed by atoms with van der Waals surface area (Å²) < 4.78 is 15.8. The normalized spacial score (nSPS) is 12.7. The lowest BCUT2D eigenvalue weighted by molar-refractivity contribution is 0.576. The Morgan fingerprint density at radius 1 is 1.44 bits per heavy atom. The third-order valence-electron chi connectivity index (χ3n) is 2.56. The highest BCUT2D eigenvalue weighted by molar-refractivity contribution is 14.1. The van der Waals surface area contributed by atoms with Crippen LogP contribution < -0.4 is 5.32 Å². The number of benzene rings is 1. The molecule has 1 aromatic carbocycles. The monoisotopic (exact) mass is 459 g/mol. The van der Waals surface area contributed by atoms with E-state index in [9.17, 15) is 4.39 Å². The fourth-order valence-electron chi connectivity index (χ4n) is 1.74. The van der Waals surface area contributed by atoms with E-state index < -0.39 is 0 Å². The minimum Gasteiger partial charge on any atom is -0.309 e. The fraction of sp³-hybridized carbons (Fsp3) is 0.167. The number of halogens is 4. The minimum absolute atomic E-state index is 0.185. The first kappa shape index (κ1) is 14.7. The van der Waals surface area contributed by atoms with Crippen molar-refractivity contribution in [3.05, 3.63) is 52.9 Å². The molecule has 1 atom stereocenters. The second-order valence-electron chi connectivity index (χ2n) is 3.69. The van der Waals surface area contributed by atoms with Crippen molar-refractivity contribution in [1.82, 2.24) is 5.32 Å². The van der Waals surface area contributed by atoms with Crippen LogP contribution in [-0.4, -0.2) is 7.05 Å². The highest BCUT2D eigenvalue weighted by atomic mass is 127. The minimum atomic E-state index is -0.271. The van der Waals surface area contributed by atoms with E-state index in [4.69, 9.17) is 11.6 Å². The maximum atomic E-state index is 14.0. The topological polar surface area (TPSA) is 12.0 Å². The summed E-state index contributed by atoms with van der Waals surface area (Å²) in [6.45, 7) is 0. The van der Waals surface area contributed by atoms with E-state index in [1.54, 1.807) is 17.4 Å². The molecular formula is C12H9BrClFINS. The quantitative estimate of drug-likeness (QED) is 0.490. The molecule has 1 unspecified atom stereocenters. The molecular weight excluding hydrogens is 451 g/mol. The molecule has 0 radical (unpaired) electrons. The van der Waals surface area contributed by atoms with Gasteiger partial charge in [0.15, 0.2) is 0 Å². The van der Waals surface area contributed by atoms with Crippen molar-refractivity contribution in [3.8, 4) is 0 Å². The van der Waals surface area contributed by atoms with E-state index in [1.807, 2.05) is 18.5 Å². The molecule has 1 nitrogen and oxygen atoms in total. The van der Waals surface area contributed by atoms with Crippen molar-refractivity contribution in [1.29, 1.82) is 0 Å². The Kier molecular flexibility index (Phi) is 5.05. The van der Waals surface area contributed by atoms with Crippen molar-refractivity contribution in [2.45, 2.75) is 6.04 Å². The highest BCUT2D eigenvalue weighted by Crippen LogP contribution is 2.33. The van der Waals surface area contributed by atoms with Crippen LogP contribution in [0.25, 0.3) is 0 Å². The lowest BCUT2D eigenvalue weighted by Gasteiger charge is -2.17. The lowest BCUT2D eigenvalue weighted by Crippen LogP contribution is -2.18. The van der Waals surface area contributed by atoms with Gasteiger partial charge in [0.1, 0.15) is 5.82 Å². The van der Waals surface area contributed by atoms with Crippen LogP contribution in [-0.2, 0) is 0 Å². The highest BCUT2D eigenvalue weighted by Gasteiger charge is 2.19. The van der Waals surface area contributed by atoms with Gasteiger partial charge in [0.25, 0.3) is 0 Å². The van der Waals surface area contributed by atoms with E-state index in [1.165, 1.54) is 8.95 Å². The van der Waals surface area contributed by atoms with Crippen LogP contribution >= 0.6 is 61.5 Å². The van der Waals surface area contributed by atoms with Crippen molar-refractivity contribution >= 4 is 61.5 Å². The predicted molar refractivity (Wildman–Crippen MR) is 87.0 cm³/mol. The number of hydrogen-bond donors (Lipinski definition) is 1. The van der Waals surface area contributed by atoms with Crippen LogP contribution in [0.3, 0.4) is 0 Å². The van der Waals surface area contributed by atoms with Crippen molar-refractivity contribution in [2.75, 3.05) is 7.05 Å². The molecule has 0 bridgehead atoms. The van der Waals surface area contributed by atoms with Gasteiger partial charge in [-0.1, -0.05) is 11.6 Å². The van der Waals surface area contributed by atoms with E-state index in [-0.39, 0.29) is 11.9 Å². The maximum absolute atomic E-state index is 14.0. The van der Waals surface area contributed by atoms with Crippen LogP contribution in [0.2, 0.25) is 5.02 Å². The van der Waals surface area contributed by atoms with Crippen LogP contribution in [0.1, 0.15) is 17.2 Å². The number of nitrogens with one attached hydrogen (secondary N) is 1. The summed E-state index contributed by atoms with van der Waals surface area (Å²) in [7, 11) is 1.81. The van der Waals surface area contributed by atoms with E-state index >= 15 is 0 Å². The first-order valence-electron chi connectivity index (χ1n) is 5.08. The fourth-order valence-corrected chi connectivity index (χ4v) is 3.62. The molecule has 18 heavy (non-hydrogen) atoms. The second kappa shape index (κ2) is 6.17. The second-order valence-corrected chi connectivity index (χ2v) is 7.76. The van der Waals surface area contributed by atoms with Gasteiger partial charge < -0.3 is 5.32 Å². The average Bonchev–Trinajstić information content (AvgIpc) is 2.73. The van der Waals surface area contributed by atoms with E-state index in [0.717, 1.165) is 5.56 Å². The molecule has 1 heterocycles. The average molecular weight is 461 g/mol. The number of thiophene rings is 1. The molecule has 0 saturated carbocycles. The maximum Gasteiger partial charge on any atom is 0.129 e. The summed E-state index contributed by atoms with van der Waals surface area (Å²) in [6.07, 6.45) is 0. The van der Waals surface area contributed by atoms with Crippen LogP contribution in [0, 0.1) is 8.70 Å². The Morgan fingerprint density at radius 3 is 2.72 bits per heavy atom. The van der Waals surface area contributed by atoms with Crippen LogP contribution in [0.5, 0.6) is 0 Å². The van der Waals surface area contributed by atoms with Gasteiger partial charge in [-0.25, -0.2) is 4.39 Å². The molecule has 0 aliphatic rings. The standard InChI is InChI=1S/C12H9BrClFINS/c1-17-12(6-2-11(16)18-5-6)7-3-9(14)8(13)4-10(7)15/h2-5,12,17H,1H3. The summed E-state index contributed by atoms with van der Waals surface area (Å²) >= 11 is 13.2. The number of rotatable bonds is 3. The van der Waals surface area contributed by atoms with Crippen molar-refractivity contribution in [3.63, 3.8) is 0 Å². The molecule has 1 aromatic heterocycles. The zero-order valence-corrected chi connectivity index (χ0v) is 14.6. The van der Waals surface area contributed by atoms with Gasteiger partial charge in [-0.3, -0.25) is 0 Å². The van der Waals surface area contributed by atoms with Gasteiger partial charge >= 0.3 is 0 Å². The lowest BCUT2D eigenvalue weighted by atomic mass is 10.0. The SMILES string of the molecule is CNC(c1csc(I)c1)c1cc(Cl)c(Br)cc1F. The summed E-state index contributed by atoms with van der Waals surface area (Å²) in [6, 6.07) is 4.92. The largest absolute Gasteiger partial charge is 0.309 e. The molecule has 0 saturated heterocycles. The van der Waals surface area contributed by atoms with Crippen molar-refractivity contribution < 1.29 is 4.39 Å². The zero-order valence-electron chi connectivity index (χ0n) is 9.31. The Labute approximate surface area is 136 Å². The molecule has 1 N–H and O–H groups in total. The van der Waals surface area contributed by atoms with Gasteiger partial charge in [0.05, 0.1) is 13.9 Å². The Bertz CT molecular complexity index is 575. The van der Waals surface area contributed by atoms with E-state index in [2.05, 4.69) is 43.8 Å². The van der Waals surface area contributed by atoms with Gasteiger partial charge in [-0.05, 0) is 74.7 Å². The number of hydrogen-bond acceptors (Lipinski definition) is 2. The van der Waals surface area contributed by atoms with Crippen LogP contribution in [0.15, 0.2) is 28.1 Å². The summed E-state index contributed by atoms with van der Waals surface area (Å²) in [4.78, 5) is 0. The van der Waals surface area contributed by atoms with Gasteiger partial charge in [0.2, 0.25) is 0 Å². The third kappa shape index (κ3) is 3.07. The molecule has 0 aliphatic heterocycles. The summed E-state index contributed by atoms with van der Waals surface area (Å²) in [5.74, 6) is -0.271. The van der Waals surface area contributed by atoms with Gasteiger partial charge in [0, 0.05) is 10.0 Å². The molecule has 6 heteroatoms. The molecule has 2 rings (SSSR count). The molecule has 2 aromatic rings. The molecule has 0 aliphatic carbocycles. The molecule has 96 valence electrons. The molecule has 0 amide bonds. The first-order chi connectivity index (χ1) is 8.52. The summed E-state index contributed by atoms with van der Waals surface area (Å²) in [5, 5.41) is 5.66. The Morgan fingerprint density at radius 2 is 2.17 bits per heavy atom. The molecule has 0 fully saturated rings. The smallest absolute Gasteiger partial charge is 0.129 e. The molecule has 0 spiro atoms. The Hall–Kier alpha value is 0.310. The van der Waals surface area contributed by atoms with Gasteiger partial charge in [-0.15, -0.1) is 11.3 Å². The Balaban J connectivity index is 2.48. The third-order valence-corrected chi connectivity index (χ3v) is 5.56. The van der Waals surface area contributed by atoms with Gasteiger partial charge in [-0.2, -0.15) is 0 Å². The first-order valence-corrected chi connectivity index (χ1v) is 8.21. The van der Waals surface area contributed by atoms with Crippen LogP contribution in [0.4, 0.5) is 4.39 Å². The zero-order chi connectivity index (χ0) is 13.3. The summed E-state index contributed by atoms with van der Waals surface area (Å²) in [5.41, 5.74) is 1.60. The predicted octanol–water partition coefficient (Wildman–Crippen LogP) is 5.22.